The number of aryl methyl sites for hydroxylation is 1. The van der Waals surface area contributed by atoms with Crippen molar-refractivity contribution in [1.82, 2.24) is 0 Å². The summed E-state index contributed by atoms with van der Waals surface area (Å²) < 4.78 is 12.0. The lowest BCUT2D eigenvalue weighted by Gasteiger charge is -2.17. The van der Waals surface area contributed by atoms with E-state index in [0.717, 1.165) is 11.1 Å². The first-order valence-corrected chi connectivity index (χ1v) is 9.32. The van der Waals surface area contributed by atoms with Crippen LogP contribution < -0.4 is 0 Å². The number of fused-ring (bicyclic) bond motifs is 6. The Hall–Kier alpha value is -2.37. The van der Waals surface area contributed by atoms with Crippen LogP contribution in [0, 0.1) is 0 Å². The maximum atomic E-state index is 12.5. The normalized spacial score (nSPS) is 24.4. The zero-order valence-corrected chi connectivity index (χ0v) is 15.6. The van der Waals surface area contributed by atoms with Gasteiger partial charge in [-0.05, 0) is 55.7 Å². The predicted molar refractivity (Wildman–Crippen MR) is 101 cm³/mol. The number of Topliss-reactive ketones (excluding diaryl/α,β-unsaturated/α-hetero) is 1. The Morgan fingerprint density at radius 3 is 2.07 bits per heavy atom. The van der Waals surface area contributed by atoms with E-state index in [0.29, 0.717) is 36.8 Å². The van der Waals surface area contributed by atoms with Crippen LogP contribution in [0.5, 0.6) is 11.5 Å². The molecule has 1 aliphatic carbocycles. The number of hydrogen-bond acceptors (Lipinski definition) is 5. The molecule has 1 fully saturated rings. The van der Waals surface area contributed by atoms with E-state index in [4.69, 9.17) is 9.47 Å². The number of ether oxygens (including phenoxy) is 2. The van der Waals surface area contributed by atoms with Gasteiger partial charge in [-0.15, -0.1) is 0 Å². The van der Waals surface area contributed by atoms with Crippen LogP contribution in [0.4, 0.5) is 0 Å². The highest BCUT2D eigenvalue weighted by atomic mass is 16.7. The Kier molecular flexibility index (Phi) is 4.44. The Morgan fingerprint density at radius 1 is 0.852 bits per heavy atom. The van der Waals surface area contributed by atoms with E-state index >= 15 is 0 Å². The van der Waals surface area contributed by atoms with E-state index in [1.54, 1.807) is 12.1 Å². The van der Waals surface area contributed by atoms with Crippen molar-refractivity contribution >= 4 is 5.78 Å². The Bertz CT molecular complexity index is 886. The molecular weight excluding hydrogens is 344 g/mol. The first-order chi connectivity index (χ1) is 12.8. The van der Waals surface area contributed by atoms with Gasteiger partial charge in [0, 0.05) is 30.4 Å². The number of carbonyl (C=O) groups excluding carboxylic acids is 1. The maximum absolute atomic E-state index is 12.5. The third-order valence-electron chi connectivity index (χ3n) is 5.26. The van der Waals surface area contributed by atoms with Crippen molar-refractivity contribution in [2.24, 2.45) is 0 Å². The van der Waals surface area contributed by atoms with Crippen LogP contribution in [0.25, 0.3) is 11.1 Å². The topological polar surface area (TPSA) is 76.0 Å². The zero-order valence-electron chi connectivity index (χ0n) is 15.6. The van der Waals surface area contributed by atoms with Crippen molar-refractivity contribution in [1.29, 1.82) is 0 Å². The van der Waals surface area contributed by atoms with Crippen LogP contribution in [0.15, 0.2) is 36.4 Å². The van der Waals surface area contributed by atoms with Gasteiger partial charge in [0.25, 0.3) is 0 Å². The summed E-state index contributed by atoms with van der Waals surface area (Å²) in [5.74, 6) is -0.381. The van der Waals surface area contributed by atoms with Gasteiger partial charge in [0.2, 0.25) is 0 Å². The van der Waals surface area contributed by atoms with Gasteiger partial charge in [-0.3, -0.25) is 4.79 Å². The highest BCUT2D eigenvalue weighted by Crippen LogP contribution is 2.39. The van der Waals surface area contributed by atoms with Crippen LogP contribution in [-0.4, -0.2) is 34.0 Å². The molecule has 0 unspecified atom stereocenters. The summed E-state index contributed by atoms with van der Waals surface area (Å²) in [6, 6.07) is 10.6. The standard InChI is InChI=1S/C22H24O5/c1-22(2)26-20-11-14-5-8-19(25)17(10-14)16-9-13(4-7-18(16)24)3-6-15(23)12-21(20)27-22/h4-5,7-10,20-21,24-25H,3,6,11-12H2,1-2H3/t20-,21+/m0/s1. The molecule has 0 aromatic heterocycles. The molecule has 2 aliphatic rings. The van der Waals surface area contributed by atoms with E-state index in [1.807, 2.05) is 38.1 Å². The van der Waals surface area contributed by atoms with Crippen molar-refractivity contribution in [3.8, 4) is 22.6 Å². The molecule has 4 bridgehead atoms. The molecule has 1 saturated heterocycles. The van der Waals surface area contributed by atoms with E-state index in [1.165, 1.54) is 0 Å². The first-order valence-electron chi connectivity index (χ1n) is 9.32. The lowest BCUT2D eigenvalue weighted by atomic mass is 9.96. The fraction of sp³-hybridized carbons (Fsp3) is 0.409. The molecule has 5 heteroatoms. The molecule has 1 aliphatic heterocycles. The molecule has 0 radical (unpaired) electrons. The Balaban J connectivity index is 1.79. The molecule has 5 nitrogen and oxygen atoms in total. The molecule has 27 heavy (non-hydrogen) atoms. The first kappa shape index (κ1) is 18.0. The van der Waals surface area contributed by atoms with E-state index in [9.17, 15) is 15.0 Å². The van der Waals surface area contributed by atoms with Crippen LogP contribution in [-0.2, 0) is 27.1 Å². The lowest BCUT2D eigenvalue weighted by Crippen LogP contribution is -2.27. The second kappa shape index (κ2) is 6.66. The molecule has 0 saturated carbocycles. The summed E-state index contributed by atoms with van der Waals surface area (Å²) in [7, 11) is 0. The zero-order chi connectivity index (χ0) is 19.2. The SMILES string of the molecule is CC1(C)O[C@H]2Cc3ccc(O)c(c3)-c3cc(ccc3O)CCC(=O)C[C@H]2O1. The van der Waals surface area contributed by atoms with E-state index < -0.39 is 5.79 Å². The van der Waals surface area contributed by atoms with Crippen LogP contribution in [0.1, 0.15) is 37.8 Å². The number of benzene rings is 2. The van der Waals surface area contributed by atoms with Crippen molar-refractivity contribution < 1.29 is 24.5 Å². The molecule has 2 N–H and O–H groups in total. The average molecular weight is 368 g/mol. The van der Waals surface area contributed by atoms with E-state index in [-0.39, 0.29) is 29.5 Å². The van der Waals surface area contributed by atoms with Gasteiger partial charge in [0.15, 0.2) is 5.79 Å². The average Bonchev–Trinajstić information content (AvgIpc) is 2.88. The molecular formula is C22H24O5. The minimum atomic E-state index is -0.727. The fourth-order valence-electron chi connectivity index (χ4n) is 3.98. The summed E-state index contributed by atoms with van der Waals surface area (Å²) in [6.45, 7) is 3.72. The molecule has 0 spiro atoms. The monoisotopic (exact) mass is 368 g/mol. The van der Waals surface area contributed by atoms with Crippen molar-refractivity contribution in [3.63, 3.8) is 0 Å². The minimum Gasteiger partial charge on any atom is -0.507 e. The maximum Gasteiger partial charge on any atom is 0.163 e. The minimum absolute atomic E-state index is 0.104. The van der Waals surface area contributed by atoms with Gasteiger partial charge in [-0.1, -0.05) is 12.1 Å². The van der Waals surface area contributed by atoms with Gasteiger partial charge < -0.3 is 19.7 Å². The Morgan fingerprint density at radius 2 is 1.41 bits per heavy atom. The predicted octanol–water partition coefficient (Wildman–Crippen LogP) is 3.73. The van der Waals surface area contributed by atoms with Crippen molar-refractivity contribution in [2.45, 2.75) is 57.5 Å². The van der Waals surface area contributed by atoms with Gasteiger partial charge in [0.1, 0.15) is 17.3 Å². The second-order valence-corrected chi connectivity index (χ2v) is 7.86. The van der Waals surface area contributed by atoms with Crippen LogP contribution in [0.2, 0.25) is 0 Å². The number of hydrogen-bond donors (Lipinski definition) is 2. The molecule has 0 amide bonds. The molecule has 4 rings (SSSR count). The quantitative estimate of drug-likeness (QED) is 0.741. The van der Waals surface area contributed by atoms with Gasteiger partial charge in [-0.25, -0.2) is 0 Å². The molecule has 2 aromatic rings. The molecule has 142 valence electrons. The molecule has 2 aromatic carbocycles. The summed E-state index contributed by atoms with van der Waals surface area (Å²) in [5, 5.41) is 20.7. The number of aromatic hydroxyl groups is 2. The summed E-state index contributed by atoms with van der Waals surface area (Å²) in [5.41, 5.74) is 3.04. The number of ketones is 1. The van der Waals surface area contributed by atoms with Crippen molar-refractivity contribution in [2.75, 3.05) is 0 Å². The summed E-state index contributed by atoms with van der Waals surface area (Å²) in [6.07, 6.45) is 1.34. The number of carbonyl (C=O) groups is 1. The summed E-state index contributed by atoms with van der Waals surface area (Å²) in [4.78, 5) is 12.5. The van der Waals surface area contributed by atoms with Crippen LogP contribution in [0.3, 0.4) is 0 Å². The highest BCUT2D eigenvalue weighted by Gasteiger charge is 2.42. The second-order valence-electron chi connectivity index (χ2n) is 7.86. The number of rotatable bonds is 0. The smallest absolute Gasteiger partial charge is 0.163 e. The lowest BCUT2D eigenvalue weighted by molar-refractivity contribution is -0.148. The van der Waals surface area contributed by atoms with Gasteiger partial charge in [0.05, 0.1) is 12.2 Å². The third kappa shape index (κ3) is 3.70. The fourth-order valence-corrected chi connectivity index (χ4v) is 3.98. The Labute approximate surface area is 158 Å². The van der Waals surface area contributed by atoms with Crippen LogP contribution >= 0.6 is 0 Å². The van der Waals surface area contributed by atoms with Gasteiger partial charge >= 0.3 is 0 Å². The van der Waals surface area contributed by atoms with Gasteiger partial charge in [-0.2, -0.15) is 0 Å². The molecule has 1 heterocycles. The highest BCUT2D eigenvalue weighted by molar-refractivity contribution is 5.80. The number of phenols is 2. The van der Waals surface area contributed by atoms with Crippen molar-refractivity contribution in [3.05, 3.63) is 47.5 Å². The number of phenolic OH excluding ortho intramolecular Hbond substituents is 2. The third-order valence-corrected chi connectivity index (χ3v) is 5.26. The summed E-state index contributed by atoms with van der Waals surface area (Å²) >= 11 is 0. The molecule has 2 atom stereocenters. The van der Waals surface area contributed by atoms with E-state index in [2.05, 4.69) is 0 Å². The largest absolute Gasteiger partial charge is 0.507 e.